The van der Waals surface area contributed by atoms with Crippen molar-refractivity contribution in [3.8, 4) is 11.6 Å². The average molecular weight is 449 g/mol. The van der Waals surface area contributed by atoms with Crippen molar-refractivity contribution in [2.24, 2.45) is 10.2 Å². The largest absolute Gasteiger partial charge is 0.573 e. The van der Waals surface area contributed by atoms with E-state index in [9.17, 15) is 18.3 Å². The molecule has 0 unspecified atom stereocenters. The van der Waals surface area contributed by atoms with Gasteiger partial charge in [-0.25, -0.2) is 0 Å². The molecule has 0 saturated heterocycles. The summed E-state index contributed by atoms with van der Waals surface area (Å²) in [6.45, 7) is 0. The van der Waals surface area contributed by atoms with Crippen LogP contribution < -0.4 is 10.1 Å². The van der Waals surface area contributed by atoms with E-state index < -0.39 is 18.0 Å². The number of alkyl halides is 3. The number of benzene rings is 2. The molecule has 0 amide bonds. The number of halogens is 5. The molecule has 0 aliphatic rings. The van der Waals surface area contributed by atoms with Crippen LogP contribution in [0.2, 0.25) is 10.0 Å². The second-order valence-corrected chi connectivity index (χ2v) is 6.56. The van der Waals surface area contributed by atoms with Crippen LogP contribution >= 0.6 is 35.4 Å². The topological polar surface area (TPSA) is 82.0 Å². The fraction of sp³-hybridized carbons (Fsp3) is 0.0625. The Labute approximate surface area is 170 Å². The zero-order valence-corrected chi connectivity index (χ0v) is 15.8. The number of aromatic nitrogens is 1. The number of ether oxygens (including phenoxy) is 1. The molecule has 0 aliphatic carbocycles. The van der Waals surface area contributed by atoms with Gasteiger partial charge < -0.3 is 20.1 Å². The maximum absolute atomic E-state index is 12.4. The summed E-state index contributed by atoms with van der Waals surface area (Å²) in [7, 11) is 0. The highest BCUT2D eigenvalue weighted by molar-refractivity contribution is 7.80. The van der Waals surface area contributed by atoms with Gasteiger partial charge in [-0.2, -0.15) is 0 Å². The normalized spacial score (nSPS) is 11.9. The van der Waals surface area contributed by atoms with Gasteiger partial charge in [-0.1, -0.05) is 23.2 Å². The van der Waals surface area contributed by atoms with Crippen LogP contribution in [0, 0.1) is 0 Å². The highest BCUT2D eigenvalue weighted by atomic mass is 35.5. The molecule has 0 atom stereocenters. The molecule has 3 aromatic rings. The monoisotopic (exact) mass is 448 g/mol. The summed E-state index contributed by atoms with van der Waals surface area (Å²) in [6.07, 6.45) is -4.85. The highest BCUT2D eigenvalue weighted by Crippen LogP contribution is 2.38. The molecule has 0 saturated carbocycles. The third kappa shape index (κ3) is 4.83. The summed E-state index contributed by atoms with van der Waals surface area (Å²) in [5.41, 5.74) is 0.661. The number of azo groups is 1. The lowest BCUT2D eigenvalue weighted by Gasteiger charge is -2.08. The van der Waals surface area contributed by atoms with E-state index in [-0.39, 0.29) is 16.2 Å². The van der Waals surface area contributed by atoms with Gasteiger partial charge in [0.1, 0.15) is 5.75 Å². The zero-order valence-electron chi connectivity index (χ0n) is 13.5. The van der Waals surface area contributed by atoms with Crippen LogP contribution in [0.1, 0.15) is 0 Å². The molecule has 3 rings (SSSR count). The quantitative estimate of drug-likeness (QED) is 0.313. The molecule has 12 heteroatoms. The van der Waals surface area contributed by atoms with Crippen LogP contribution in [-0.2, 0) is 0 Å². The Hall–Kier alpha value is -2.56. The number of hydrogen-bond acceptors (Lipinski definition) is 4. The number of hydrogen-bond donors (Lipinski definition) is 3. The third-order valence-electron chi connectivity index (χ3n) is 3.37. The van der Waals surface area contributed by atoms with Gasteiger partial charge >= 0.3 is 6.36 Å². The van der Waals surface area contributed by atoms with Gasteiger partial charge in [-0.15, -0.1) is 23.4 Å². The van der Waals surface area contributed by atoms with Gasteiger partial charge in [0.05, 0.1) is 16.2 Å². The van der Waals surface area contributed by atoms with E-state index in [0.717, 1.165) is 12.1 Å². The Morgan fingerprint density at radius 2 is 1.93 bits per heavy atom. The fourth-order valence-corrected chi connectivity index (χ4v) is 2.87. The Kier molecular flexibility index (Phi) is 5.64. The molecule has 0 bridgehead atoms. The maximum Gasteiger partial charge on any atom is 0.573 e. The molecule has 0 radical (unpaired) electrons. The molecule has 1 heterocycles. The predicted molar refractivity (Wildman–Crippen MR) is 104 cm³/mol. The lowest BCUT2D eigenvalue weighted by Crippen LogP contribution is -2.16. The Balaban J connectivity index is 1.85. The highest BCUT2D eigenvalue weighted by Gasteiger charge is 2.31. The summed E-state index contributed by atoms with van der Waals surface area (Å²) in [6, 6.07) is 8.14. The van der Waals surface area contributed by atoms with E-state index in [4.69, 9.17) is 35.4 Å². The second-order valence-electron chi connectivity index (χ2n) is 5.33. The molecule has 1 aromatic heterocycles. The first-order valence-electron chi connectivity index (χ1n) is 7.40. The van der Waals surface area contributed by atoms with E-state index >= 15 is 0 Å². The van der Waals surface area contributed by atoms with Crippen molar-refractivity contribution in [2.75, 3.05) is 5.32 Å². The molecule has 0 spiro atoms. The van der Waals surface area contributed by atoms with Crippen molar-refractivity contribution in [2.45, 2.75) is 6.36 Å². The summed E-state index contributed by atoms with van der Waals surface area (Å²) in [5.74, 6) is -0.862. The Morgan fingerprint density at radius 1 is 1.18 bits per heavy atom. The number of anilines is 1. The maximum atomic E-state index is 12.4. The van der Waals surface area contributed by atoms with Crippen molar-refractivity contribution >= 4 is 62.8 Å². The van der Waals surface area contributed by atoms with E-state index in [1.807, 2.05) is 0 Å². The summed E-state index contributed by atoms with van der Waals surface area (Å²) >= 11 is 16.9. The summed E-state index contributed by atoms with van der Waals surface area (Å²) in [4.78, 5) is 2.57. The van der Waals surface area contributed by atoms with Crippen LogP contribution in [0.3, 0.4) is 0 Å². The van der Waals surface area contributed by atoms with E-state index in [0.29, 0.717) is 21.2 Å². The van der Waals surface area contributed by atoms with Crippen molar-refractivity contribution in [3.63, 3.8) is 0 Å². The average Bonchev–Trinajstić information content (AvgIpc) is 2.89. The number of aromatic amines is 1. The fourth-order valence-electron chi connectivity index (χ4n) is 2.27. The number of nitrogens with zero attached hydrogens (tertiary/aromatic N) is 2. The van der Waals surface area contributed by atoms with E-state index in [1.165, 1.54) is 12.1 Å². The molecule has 28 heavy (non-hydrogen) atoms. The number of thiocarbonyl (C=S) groups is 1. The molecule has 2 aromatic carbocycles. The van der Waals surface area contributed by atoms with Gasteiger partial charge in [0, 0.05) is 10.4 Å². The SMILES string of the molecule is Oc1[nH]c2ccc(OC(F)(F)F)cc2c1N=NC(=S)Nc1ccc(Cl)cc1Cl. The number of rotatable bonds is 3. The van der Waals surface area contributed by atoms with Crippen molar-refractivity contribution in [1.29, 1.82) is 0 Å². The first kappa shape index (κ1) is 20.2. The van der Waals surface area contributed by atoms with Crippen molar-refractivity contribution < 1.29 is 23.0 Å². The van der Waals surface area contributed by atoms with Crippen molar-refractivity contribution in [1.82, 2.24) is 4.98 Å². The van der Waals surface area contributed by atoms with Gasteiger partial charge in [-0.3, -0.25) is 0 Å². The number of fused-ring (bicyclic) bond motifs is 1. The molecule has 6 nitrogen and oxygen atoms in total. The number of nitrogens with one attached hydrogen (secondary N) is 2. The first-order chi connectivity index (χ1) is 13.1. The minimum atomic E-state index is -4.85. The van der Waals surface area contributed by atoms with Crippen LogP contribution in [0.4, 0.5) is 24.5 Å². The van der Waals surface area contributed by atoms with E-state index in [1.54, 1.807) is 12.1 Å². The molecule has 146 valence electrons. The smallest absolute Gasteiger partial charge is 0.493 e. The molecule has 0 aliphatic heterocycles. The molecule has 0 fully saturated rings. The Morgan fingerprint density at radius 3 is 2.61 bits per heavy atom. The van der Waals surface area contributed by atoms with Crippen LogP contribution in [0.15, 0.2) is 46.6 Å². The van der Waals surface area contributed by atoms with Gasteiger partial charge in [-0.05, 0) is 48.6 Å². The summed E-state index contributed by atoms with van der Waals surface area (Å²) < 4.78 is 41.1. The Bertz CT molecular complexity index is 1090. The minimum absolute atomic E-state index is 0.0966. The third-order valence-corrected chi connectivity index (χ3v) is 4.10. The number of H-pyrrole nitrogens is 1. The van der Waals surface area contributed by atoms with Crippen LogP contribution in [0.25, 0.3) is 10.9 Å². The number of aromatic hydroxyl groups is 1. The standard InChI is InChI=1S/C16H9Cl2F3N4O2S/c17-7-1-3-12(10(18)5-7)23-15(28)25-24-13-9-6-8(27-16(19,20)21)2-4-11(9)22-14(13)26/h1-6,22,26H,(H,23,28). The van der Waals surface area contributed by atoms with Crippen LogP contribution in [0.5, 0.6) is 11.6 Å². The molecular formula is C16H9Cl2F3N4O2S. The van der Waals surface area contributed by atoms with Gasteiger partial charge in [0.15, 0.2) is 5.69 Å². The lowest BCUT2D eigenvalue weighted by molar-refractivity contribution is -0.274. The van der Waals surface area contributed by atoms with Crippen LogP contribution in [-0.4, -0.2) is 21.6 Å². The molecular weight excluding hydrogens is 440 g/mol. The van der Waals surface area contributed by atoms with Crippen molar-refractivity contribution in [3.05, 3.63) is 46.4 Å². The zero-order chi connectivity index (χ0) is 20.5. The van der Waals surface area contributed by atoms with E-state index in [2.05, 4.69) is 25.3 Å². The van der Waals surface area contributed by atoms with Gasteiger partial charge in [0.2, 0.25) is 11.0 Å². The predicted octanol–water partition coefficient (Wildman–Crippen LogP) is 6.56. The molecule has 3 N–H and O–H groups in total. The minimum Gasteiger partial charge on any atom is -0.493 e. The summed E-state index contributed by atoms with van der Waals surface area (Å²) in [5, 5.41) is 21.0. The second kappa shape index (κ2) is 7.82. The first-order valence-corrected chi connectivity index (χ1v) is 8.57. The van der Waals surface area contributed by atoms with Gasteiger partial charge in [0.25, 0.3) is 0 Å². The lowest BCUT2D eigenvalue weighted by atomic mass is 10.2.